The largest absolute Gasteiger partial charge is 0.317 e. The number of rotatable bonds is 4. The summed E-state index contributed by atoms with van der Waals surface area (Å²) in [5.41, 5.74) is 0. The summed E-state index contributed by atoms with van der Waals surface area (Å²) < 4.78 is 52.4. The molecule has 4 nitrogen and oxygen atoms in total. The molecule has 1 aromatic rings. The number of piperidine rings is 1. The van der Waals surface area contributed by atoms with Gasteiger partial charge in [-0.05, 0) is 50.0 Å². The highest BCUT2D eigenvalue weighted by atomic mass is 32.2. The zero-order valence-corrected chi connectivity index (χ0v) is 12.1. The zero-order valence-electron chi connectivity index (χ0n) is 11.3. The quantitative estimate of drug-likeness (QED) is 0.919. The smallest absolute Gasteiger partial charge is 0.245 e. The van der Waals surface area contributed by atoms with E-state index in [2.05, 4.69) is 5.32 Å². The van der Waals surface area contributed by atoms with E-state index < -0.39 is 26.6 Å². The first-order valence-electron chi connectivity index (χ1n) is 6.53. The molecule has 7 heteroatoms. The summed E-state index contributed by atoms with van der Waals surface area (Å²) in [6.07, 6.45) is 1.76. The Morgan fingerprint density at radius 1 is 1.30 bits per heavy atom. The second kappa shape index (κ2) is 6.15. The average Bonchev–Trinajstić information content (AvgIpc) is 2.42. The fraction of sp³-hybridized carbons (Fsp3) is 0.538. The second-order valence-corrected chi connectivity index (χ2v) is 7.07. The number of nitrogens with one attached hydrogen (secondary N) is 1. The van der Waals surface area contributed by atoms with Gasteiger partial charge in [0.25, 0.3) is 0 Å². The second-order valence-electron chi connectivity index (χ2n) is 5.05. The third-order valence-corrected chi connectivity index (χ3v) is 5.39. The molecule has 0 aliphatic carbocycles. The predicted octanol–water partition coefficient (Wildman–Crippen LogP) is 1.58. The van der Waals surface area contributed by atoms with Crippen LogP contribution in [-0.2, 0) is 10.0 Å². The van der Waals surface area contributed by atoms with E-state index in [1.54, 1.807) is 0 Å². The van der Waals surface area contributed by atoms with Crippen LogP contribution < -0.4 is 5.32 Å². The van der Waals surface area contributed by atoms with Gasteiger partial charge in [-0.2, -0.15) is 0 Å². The maximum absolute atomic E-state index is 13.6. The van der Waals surface area contributed by atoms with Crippen LogP contribution in [0.15, 0.2) is 23.1 Å². The standard InChI is InChI=1S/C13H18F2N2O2S/c1-17(9-10-4-6-16-7-5-10)20(18,19)13-8-11(14)2-3-12(13)15/h2-3,8,10,16H,4-7,9H2,1H3. The average molecular weight is 304 g/mol. The van der Waals surface area contributed by atoms with Crippen LogP contribution in [-0.4, -0.2) is 39.4 Å². The summed E-state index contributed by atoms with van der Waals surface area (Å²) in [4.78, 5) is -0.603. The van der Waals surface area contributed by atoms with Crippen molar-refractivity contribution in [2.45, 2.75) is 17.7 Å². The number of nitrogens with zero attached hydrogens (tertiary/aromatic N) is 1. The van der Waals surface area contributed by atoms with Crippen LogP contribution in [0.4, 0.5) is 8.78 Å². The highest BCUT2D eigenvalue weighted by Gasteiger charge is 2.27. The Bertz CT molecular complexity index is 572. The molecule has 0 spiro atoms. The molecule has 1 N–H and O–H groups in total. The lowest BCUT2D eigenvalue weighted by Crippen LogP contribution is -2.37. The van der Waals surface area contributed by atoms with Crippen molar-refractivity contribution in [1.29, 1.82) is 0 Å². The summed E-state index contributed by atoms with van der Waals surface area (Å²) in [7, 11) is -2.59. The van der Waals surface area contributed by atoms with Gasteiger partial charge >= 0.3 is 0 Å². The molecule has 0 amide bonds. The minimum atomic E-state index is -3.99. The molecule has 0 radical (unpaired) electrons. The summed E-state index contributed by atoms with van der Waals surface area (Å²) in [5.74, 6) is -1.45. The Kier molecular flexibility index (Phi) is 4.72. The van der Waals surface area contributed by atoms with Crippen molar-refractivity contribution in [3.63, 3.8) is 0 Å². The fourth-order valence-corrected chi connectivity index (χ4v) is 3.69. The zero-order chi connectivity index (χ0) is 14.8. The maximum Gasteiger partial charge on any atom is 0.245 e. The first-order chi connectivity index (χ1) is 9.41. The van der Waals surface area contributed by atoms with Crippen LogP contribution in [0.5, 0.6) is 0 Å². The van der Waals surface area contributed by atoms with Crippen molar-refractivity contribution >= 4 is 10.0 Å². The Morgan fingerprint density at radius 2 is 1.95 bits per heavy atom. The molecule has 1 aliphatic rings. The van der Waals surface area contributed by atoms with Crippen molar-refractivity contribution < 1.29 is 17.2 Å². The highest BCUT2D eigenvalue weighted by molar-refractivity contribution is 7.89. The molecule has 0 bridgehead atoms. The molecule has 112 valence electrons. The van der Waals surface area contributed by atoms with Crippen molar-refractivity contribution in [2.75, 3.05) is 26.7 Å². The van der Waals surface area contributed by atoms with E-state index in [1.165, 1.54) is 7.05 Å². The van der Waals surface area contributed by atoms with Gasteiger partial charge in [0.15, 0.2) is 0 Å². The van der Waals surface area contributed by atoms with Crippen molar-refractivity contribution in [1.82, 2.24) is 9.62 Å². The molecule has 1 aromatic carbocycles. The number of halogens is 2. The lowest BCUT2D eigenvalue weighted by Gasteiger charge is -2.27. The van der Waals surface area contributed by atoms with Crippen LogP contribution in [0.3, 0.4) is 0 Å². The molecule has 2 rings (SSSR count). The fourth-order valence-electron chi connectivity index (χ4n) is 2.37. The lowest BCUT2D eigenvalue weighted by atomic mass is 9.98. The van der Waals surface area contributed by atoms with Gasteiger partial charge in [-0.1, -0.05) is 0 Å². The van der Waals surface area contributed by atoms with E-state index in [-0.39, 0.29) is 5.92 Å². The minimum absolute atomic E-state index is 0.243. The van der Waals surface area contributed by atoms with Gasteiger partial charge < -0.3 is 5.32 Å². The molecule has 0 saturated carbocycles. The third-order valence-electron chi connectivity index (χ3n) is 3.56. The Balaban J connectivity index is 2.18. The molecule has 1 fully saturated rings. The van der Waals surface area contributed by atoms with E-state index >= 15 is 0 Å². The Hall–Kier alpha value is -1.05. The number of hydrogen-bond acceptors (Lipinski definition) is 3. The van der Waals surface area contributed by atoms with E-state index in [4.69, 9.17) is 0 Å². The Labute approximate surface area is 117 Å². The summed E-state index contributed by atoms with van der Waals surface area (Å²) >= 11 is 0. The van der Waals surface area contributed by atoms with Crippen molar-refractivity contribution in [3.8, 4) is 0 Å². The van der Waals surface area contributed by atoms with Crippen LogP contribution in [0.2, 0.25) is 0 Å². The highest BCUT2D eigenvalue weighted by Crippen LogP contribution is 2.22. The van der Waals surface area contributed by atoms with Gasteiger partial charge in [0.2, 0.25) is 10.0 Å². The predicted molar refractivity (Wildman–Crippen MR) is 71.8 cm³/mol. The molecular formula is C13H18F2N2O2S. The number of hydrogen-bond donors (Lipinski definition) is 1. The van der Waals surface area contributed by atoms with Gasteiger partial charge in [0, 0.05) is 13.6 Å². The monoisotopic (exact) mass is 304 g/mol. The van der Waals surface area contributed by atoms with Crippen molar-refractivity contribution in [3.05, 3.63) is 29.8 Å². The van der Waals surface area contributed by atoms with Crippen LogP contribution in [0, 0.1) is 17.6 Å². The first kappa shape index (κ1) is 15.3. The summed E-state index contributed by atoms with van der Waals surface area (Å²) in [5, 5.41) is 3.20. The van der Waals surface area contributed by atoms with E-state index in [0.717, 1.165) is 48.4 Å². The van der Waals surface area contributed by atoms with E-state index in [1.807, 2.05) is 0 Å². The van der Waals surface area contributed by atoms with Gasteiger partial charge in [0.1, 0.15) is 16.5 Å². The molecule has 20 heavy (non-hydrogen) atoms. The maximum atomic E-state index is 13.6. The Morgan fingerprint density at radius 3 is 2.60 bits per heavy atom. The molecule has 1 saturated heterocycles. The van der Waals surface area contributed by atoms with Crippen molar-refractivity contribution in [2.24, 2.45) is 5.92 Å². The summed E-state index contributed by atoms with van der Waals surface area (Å²) in [6.45, 7) is 2.03. The molecular weight excluding hydrogens is 286 g/mol. The van der Waals surface area contributed by atoms with Crippen LogP contribution in [0.1, 0.15) is 12.8 Å². The SMILES string of the molecule is CN(CC1CCNCC1)S(=O)(=O)c1cc(F)ccc1F. The lowest BCUT2D eigenvalue weighted by molar-refractivity contribution is 0.310. The van der Waals surface area contributed by atoms with Crippen LogP contribution >= 0.6 is 0 Å². The number of sulfonamides is 1. The molecule has 0 unspecified atom stereocenters. The van der Waals surface area contributed by atoms with Gasteiger partial charge in [0.05, 0.1) is 0 Å². The van der Waals surface area contributed by atoms with Gasteiger partial charge in [-0.15, -0.1) is 0 Å². The minimum Gasteiger partial charge on any atom is -0.317 e. The number of benzene rings is 1. The topological polar surface area (TPSA) is 49.4 Å². The van der Waals surface area contributed by atoms with Crippen LogP contribution in [0.25, 0.3) is 0 Å². The van der Waals surface area contributed by atoms with Gasteiger partial charge in [-0.25, -0.2) is 21.5 Å². The summed E-state index contributed by atoms with van der Waals surface area (Å²) in [6, 6.07) is 2.46. The third kappa shape index (κ3) is 3.34. The van der Waals surface area contributed by atoms with E-state index in [0.29, 0.717) is 6.54 Å². The van der Waals surface area contributed by atoms with Gasteiger partial charge in [-0.3, -0.25) is 0 Å². The molecule has 1 aliphatic heterocycles. The molecule has 1 heterocycles. The first-order valence-corrected chi connectivity index (χ1v) is 7.97. The van der Waals surface area contributed by atoms with E-state index in [9.17, 15) is 17.2 Å². The normalized spacial score (nSPS) is 17.6. The molecule has 0 aromatic heterocycles. The molecule has 0 atom stereocenters.